The highest BCUT2D eigenvalue weighted by atomic mass is 32.2. The van der Waals surface area contributed by atoms with Gasteiger partial charge in [-0.3, -0.25) is 4.79 Å². The molecule has 0 aliphatic carbocycles. The van der Waals surface area contributed by atoms with Gasteiger partial charge in [-0.1, -0.05) is 6.07 Å². The van der Waals surface area contributed by atoms with Crippen molar-refractivity contribution in [3.63, 3.8) is 0 Å². The summed E-state index contributed by atoms with van der Waals surface area (Å²) in [7, 11) is -3.85. The second kappa shape index (κ2) is 8.32. The molecule has 31 heavy (non-hydrogen) atoms. The molecular formula is C20H17N7O3S. The number of carbonyl (C=O) groups excluding carboxylic acids is 1. The van der Waals surface area contributed by atoms with Crippen LogP contribution < -0.4 is 10.0 Å². The average molecular weight is 435 g/mol. The van der Waals surface area contributed by atoms with Crippen molar-refractivity contribution in [1.29, 1.82) is 0 Å². The van der Waals surface area contributed by atoms with Crippen LogP contribution in [0, 0.1) is 6.92 Å². The molecule has 4 aromatic rings. The fraction of sp³-hybridized carbons (Fsp3) is 0.0500. The normalized spacial score (nSPS) is 11.1. The first-order valence-electron chi connectivity index (χ1n) is 9.11. The van der Waals surface area contributed by atoms with Gasteiger partial charge in [0.1, 0.15) is 0 Å². The molecule has 0 bridgehead atoms. The second-order valence-corrected chi connectivity index (χ2v) is 8.08. The standard InChI is InChI=1S/C20H17N7O3S/c1-14-17(13-24-27(14)18-5-2-3-10-21-18)19(28)25-15-6-8-16(9-7-15)31(29,30)26-20-22-11-4-12-23-20/h2-13H,1H3,(H,25,28)(H,22,23,26). The summed E-state index contributed by atoms with van der Waals surface area (Å²) >= 11 is 0. The summed E-state index contributed by atoms with van der Waals surface area (Å²) in [6, 6.07) is 12.7. The van der Waals surface area contributed by atoms with E-state index in [-0.39, 0.29) is 16.8 Å². The Balaban J connectivity index is 1.48. The van der Waals surface area contributed by atoms with Crippen LogP contribution in [0.1, 0.15) is 16.1 Å². The maximum absolute atomic E-state index is 12.7. The van der Waals surface area contributed by atoms with Crippen molar-refractivity contribution in [2.45, 2.75) is 11.8 Å². The van der Waals surface area contributed by atoms with Gasteiger partial charge in [-0.05, 0) is 49.4 Å². The lowest BCUT2D eigenvalue weighted by molar-refractivity contribution is 0.102. The highest BCUT2D eigenvalue weighted by Crippen LogP contribution is 2.18. The van der Waals surface area contributed by atoms with Crippen molar-refractivity contribution >= 4 is 27.6 Å². The Morgan fingerprint density at radius 1 is 0.935 bits per heavy atom. The molecule has 3 aromatic heterocycles. The van der Waals surface area contributed by atoms with Crippen LogP contribution in [0.15, 0.2) is 78.2 Å². The summed E-state index contributed by atoms with van der Waals surface area (Å²) in [6.07, 6.45) is 5.97. The van der Waals surface area contributed by atoms with E-state index in [9.17, 15) is 13.2 Å². The average Bonchev–Trinajstić information content (AvgIpc) is 3.16. The van der Waals surface area contributed by atoms with Gasteiger partial charge in [-0.15, -0.1) is 0 Å². The molecule has 0 unspecified atom stereocenters. The number of aromatic nitrogens is 5. The summed E-state index contributed by atoms with van der Waals surface area (Å²) in [5, 5.41) is 6.97. The number of carbonyl (C=O) groups is 1. The monoisotopic (exact) mass is 435 g/mol. The van der Waals surface area contributed by atoms with Crippen LogP contribution in [0.3, 0.4) is 0 Å². The fourth-order valence-electron chi connectivity index (χ4n) is 2.79. The van der Waals surface area contributed by atoms with E-state index in [4.69, 9.17) is 0 Å². The third-order valence-electron chi connectivity index (χ3n) is 4.33. The summed E-state index contributed by atoms with van der Waals surface area (Å²) in [5.41, 5.74) is 1.44. The van der Waals surface area contributed by atoms with Gasteiger partial charge in [0.05, 0.1) is 22.3 Å². The number of benzene rings is 1. The Morgan fingerprint density at radius 2 is 1.65 bits per heavy atom. The topological polar surface area (TPSA) is 132 Å². The lowest BCUT2D eigenvalue weighted by Gasteiger charge is -2.08. The van der Waals surface area contributed by atoms with Gasteiger partial charge in [0.25, 0.3) is 15.9 Å². The maximum atomic E-state index is 12.7. The molecule has 0 spiro atoms. The predicted octanol–water partition coefficient (Wildman–Crippen LogP) is 2.42. The lowest BCUT2D eigenvalue weighted by Crippen LogP contribution is -2.15. The van der Waals surface area contributed by atoms with Crippen LogP contribution in [-0.2, 0) is 10.0 Å². The SMILES string of the molecule is Cc1c(C(=O)Nc2ccc(S(=O)(=O)Nc3ncccn3)cc2)cnn1-c1ccccn1. The van der Waals surface area contributed by atoms with Crippen LogP contribution >= 0.6 is 0 Å². The molecule has 4 rings (SSSR count). The Kier molecular flexibility index (Phi) is 5.41. The predicted molar refractivity (Wildman–Crippen MR) is 113 cm³/mol. The van der Waals surface area contributed by atoms with E-state index in [1.165, 1.54) is 42.9 Å². The fourth-order valence-corrected chi connectivity index (χ4v) is 3.75. The minimum absolute atomic E-state index is 0.0112. The van der Waals surface area contributed by atoms with Gasteiger partial charge in [0.15, 0.2) is 5.82 Å². The molecule has 2 N–H and O–H groups in total. The molecule has 10 nitrogen and oxygen atoms in total. The van der Waals surface area contributed by atoms with Gasteiger partial charge in [-0.25, -0.2) is 32.8 Å². The van der Waals surface area contributed by atoms with E-state index in [2.05, 4.69) is 30.1 Å². The second-order valence-electron chi connectivity index (χ2n) is 6.40. The van der Waals surface area contributed by atoms with Crippen LogP contribution in [0.5, 0.6) is 0 Å². The van der Waals surface area contributed by atoms with E-state index >= 15 is 0 Å². The van der Waals surface area contributed by atoms with Crippen LogP contribution in [0.4, 0.5) is 11.6 Å². The van der Waals surface area contributed by atoms with Crippen molar-refractivity contribution in [2.75, 3.05) is 10.0 Å². The number of anilines is 2. The number of sulfonamides is 1. The summed E-state index contributed by atoms with van der Waals surface area (Å²) < 4.78 is 28.8. The zero-order valence-electron chi connectivity index (χ0n) is 16.3. The molecule has 3 heterocycles. The zero-order valence-corrected chi connectivity index (χ0v) is 17.1. The first kappa shape index (κ1) is 20.2. The number of hydrogen-bond donors (Lipinski definition) is 2. The van der Waals surface area contributed by atoms with Crippen molar-refractivity contribution in [2.24, 2.45) is 0 Å². The van der Waals surface area contributed by atoms with Crippen molar-refractivity contribution in [1.82, 2.24) is 24.7 Å². The third-order valence-corrected chi connectivity index (χ3v) is 5.68. The van der Waals surface area contributed by atoms with Crippen LogP contribution in [-0.4, -0.2) is 39.1 Å². The largest absolute Gasteiger partial charge is 0.322 e. The first-order chi connectivity index (χ1) is 14.9. The third kappa shape index (κ3) is 4.41. The highest BCUT2D eigenvalue weighted by Gasteiger charge is 2.18. The lowest BCUT2D eigenvalue weighted by atomic mass is 10.2. The summed E-state index contributed by atoms with van der Waals surface area (Å²) in [6.45, 7) is 1.77. The summed E-state index contributed by atoms with van der Waals surface area (Å²) in [5.74, 6) is 0.204. The zero-order chi connectivity index (χ0) is 21.8. The van der Waals surface area contributed by atoms with E-state index in [1.54, 1.807) is 36.0 Å². The van der Waals surface area contributed by atoms with Gasteiger partial charge in [0, 0.05) is 24.3 Å². The molecule has 0 saturated carbocycles. The molecule has 1 amide bonds. The molecule has 0 saturated heterocycles. The molecule has 1 aromatic carbocycles. The van der Waals surface area contributed by atoms with Crippen molar-refractivity contribution in [3.05, 3.63) is 84.6 Å². The van der Waals surface area contributed by atoms with E-state index in [0.29, 0.717) is 22.8 Å². The summed E-state index contributed by atoms with van der Waals surface area (Å²) in [4.78, 5) is 24.6. The highest BCUT2D eigenvalue weighted by molar-refractivity contribution is 7.92. The van der Waals surface area contributed by atoms with Crippen molar-refractivity contribution < 1.29 is 13.2 Å². The van der Waals surface area contributed by atoms with Gasteiger partial charge >= 0.3 is 0 Å². The van der Waals surface area contributed by atoms with Crippen LogP contribution in [0.2, 0.25) is 0 Å². The quantitative estimate of drug-likeness (QED) is 0.475. The van der Waals surface area contributed by atoms with Gasteiger partial charge in [0.2, 0.25) is 5.95 Å². The number of hydrogen-bond acceptors (Lipinski definition) is 7. The van der Waals surface area contributed by atoms with E-state index < -0.39 is 10.0 Å². The number of rotatable bonds is 6. The van der Waals surface area contributed by atoms with Gasteiger partial charge in [-0.2, -0.15) is 5.10 Å². The maximum Gasteiger partial charge on any atom is 0.264 e. The Morgan fingerprint density at radius 3 is 2.32 bits per heavy atom. The first-order valence-corrected chi connectivity index (χ1v) is 10.6. The number of amides is 1. The molecule has 0 radical (unpaired) electrons. The molecule has 0 atom stereocenters. The van der Waals surface area contributed by atoms with E-state index in [1.807, 2.05) is 6.07 Å². The molecule has 0 aliphatic rings. The van der Waals surface area contributed by atoms with Crippen molar-refractivity contribution in [3.8, 4) is 5.82 Å². The Hall–Kier alpha value is -4.12. The molecule has 11 heteroatoms. The van der Waals surface area contributed by atoms with Gasteiger partial charge < -0.3 is 5.32 Å². The number of nitrogens with zero attached hydrogens (tertiary/aromatic N) is 5. The Bertz CT molecular complexity index is 1310. The molecule has 0 fully saturated rings. The number of nitrogens with one attached hydrogen (secondary N) is 2. The minimum Gasteiger partial charge on any atom is -0.322 e. The molecule has 156 valence electrons. The smallest absolute Gasteiger partial charge is 0.264 e. The Labute approximate surface area is 178 Å². The minimum atomic E-state index is -3.85. The molecular weight excluding hydrogens is 418 g/mol. The van der Waals surface area contributed by atoms with Crippen LogP contribution in [0.25, 0.3) is 5.82 Å². The van der Waals surface area contributed by atoms with E-state index in [0.717, 1.165) is 0 Å². The molecule has 0 aliphatic heterocycles. The number of pyridine rings is 1.